The molecular formula is C12H14Cl3NO. The van der Waals surface area contributed by atoms with Crippen LogP contribution < -0.4 is 5.32 Å². The normalized spacial score (nSPS) is 11.4. The number of halogens is 3. The van der Waals surface area contributed by atoms with Crippen LogP contribution in [0.15, 0.2) is 18.2 Å². The molecule has 5 heteroatoms. The zero-order valence-electron chi connectivity index (χ0n) is 9.69. The number of hydrogen-bond donors (Lipinski definition) is 1. The van der Waals surface area contributed by atoms with Crippen LogP contribution in [0.5, 0.6) is 0 Å². The Labute approximate surface area is 116 Å². The summed E-state index contributed by atoms with van der Waals surface area (Å²) in [5, 5.41) is 3.78. The van der Waals surface area contributed by atoms with Crippen LogP contribution in [0, 0.1) is 0 Å². The molecular weight excluding hydrogens is 280 g/mol. The molecule has 94 valence electrons. The van der Waals surface area contributed by atoms with Crippen LogP contribution in [0.1, 0.15) is 19.4 Å². The summed E-state index contributed by atoms with van der Waals surface area (Å²) < 4.78 is 0. The van der Waals surface area contributed by atoms with E-state index < -0.39 is 5.54 Å². The fourth-order valence-electron chi connectivity index (χ4n) is 1.29. The second-order valence-corrected chi connectivity index (χ2v) is 5.57. The summed E-state index contributed by atoms with van der Waals surface area (Å²) in [5.74, 6) is 0.272. The van der Waals surface area contributed by atoms with Crippen molar-refractivity contribution in [2.75, 3.05) is 5.88 Å². The Hall–Kier alpha value is -0.440. The average Bonchev–Trinajstić information content (AvgIpc) is 2.23. The smallest absolute Gasteiger partial charge is 0.224 e. The van der Waals surface area contributed by atoms with Crippen molar-refractivity contribution in [2.45, 2.75) is 25.8 Å². The van der Waals surface area contributed by atoms with Crippen molar-refractivity contribution >= 4 is 40.7 Å². The lowest BCUT2D eigenvalue weighted by Crippen LogP contribution is -2.45. The molecule has 0 unspecified atom stereocenters. The van der Waals surface area contributed by atoms with E-state index in [0.29, 0.717) is 15.9 Å². The molecule has 0 saturated heterocycles. The topological polar surface area (TPSA) is 29.1 Å². The highest BCUT2D eigenvalue weighted by atomic mass is 35.5. The van der Waals surface area contributed by atoms with E-state index in [1.807, 2.05) is 13.8 Å². The zero-order valence-corrected chi connectivity index (χ0v) is 12.0. The monoisotopic (exact) mass is 293 g/mol. The predicted octanol–water partition coefficient (Wildman–Crippen LogP) is 3.67. The Kier molecular flexibility index (Phi) is 5.11. The van der Waals surface area contributed by atoms with Crippen LogP contribution in [0.3, 0.4) is 0 Å². The lowest BCUT2D eigenvalue weighted by Gasteiger charge is -2.23. The number of carbonyl (C=O) groups is 1. The molecule has 0 aromatic heterocycles. The molecule has 17 heavy (non-hydrogen) atoms. The third kappa shape index (κ3) is 4.74. The van der Waals surface area contributed by atoms with Gasteiger partial charge in [-0.3, -0.25) is 4.79 Å². The molecule has 0 radical (unpaired) electrons. The van der Waals surface area contributed by atoms with Crippen LogP contribution in [0.25, 0.3) is 0 Å². The Balaban J connectivity index is 2.65. The van der Waals surface area contributed by atoms with Crippen molar-refractivity contribution in [2.24, 2.45) is 0 Å². The maximum atomic E-state index is 11.7. The molecule has 1 aromatic carbocycles. The Morgan fingerprint density at radius 1 is 1.29 bits per heavy atom. The van der Waals surface area contributed by atoms with E-state index in [-0.39, 0.29) is 12.3 Å². The molecule has 0 heterocycles. The Morgan fingerprint density at radius 2 is 1.94 bits per heavy atom. The number of nitrogens with one attached hydrogen (secondary N) is 1. The standard InChI is InChI=1S/C12H14Cl3NO/c1-12(2,7-13)16-11(17)6-8-3-4-9(14)10(15)5-8/h3-5H,6-7H2,1-2H3,(H,16,17). The van der Waals surface area contributed by atoms with Gasteiger partial charge in [-0.2, -0.15) is 0 Å². The average molecular weight is 295 g/mol. The molecule has 0 atom stereocenters. The van der Waals surface area contributed by atoms with Gasteiger partial charge < -0.3 is 5.32 Å². The SMILES string of the molecule is CC(C)(CCl)NC(=O)Cc1ccc(Cl)c(Cl)c1. The van der Waals surface area contributed by atoms with E-state index in [0.717, 1.165) is 5.56 Å². The van der Waals surface area contributed by atoms with Gasteiger partial charge in [-0.05, 0) is 31.5 Å². The quantitative estimate of drug-likeness (QED) is 0.844. The molecule has 1 rings (SSSR count). The van der Waals surface area contributed by atoms with Crippen molar-refractivity contribution in [3.8, 4) is 0 Å². The zero-order chi connectivity index (χ0) is 13.1. The summed E-state index contributed by atoms with van der Waals surface area (Å²) in [4.78, 5) is 11.7. The van der Waals surface area contributed by atoms with Crippen LogP contribution in [-0.2, 0) is 11.2 Å². The van der Waals surface area contributed by atoms with Crippen LogP contribution in [-0.4, -0.2) is 17.3 Å². The van der Waals surface area contributed by atoms with E-state index >= 15 is 0 Å². The second-order valence-electron chi connectivity index (χ2n) is 4.49. The third-order valence-electron chi connectivity index (χ3n) is 2.16. The number of amides is 1. The van der Waals surface area contributed by atoms with E-state index in [4.69, 9.17) is 34.8 Å². The number of rotatable bonds is 4. The van der Waals surface area contributed by atoms with Gasteiger partial charge in [0.05, 0.1) is 16.5 Å². The molecule has 0 bridgehead atoms. The van der Waals surface area contributed by atoms with Crippen LogP contribution >= 0.6 is 34.8 Å². The lowest BCUT2D eigenvalue weighted by molar-refractivity contribution is -0.121. The minimum absolute atomic E-state index is 0.0889. The van der Waals surface area contributed by atoms with Gasteiger partial charge in [0, 0.05) is 11.4 Å². The van der Waals surface area contributed by atoms with E-state index in [9.17, 15) is 4.79 Å². The Morgan fingerprint density at radius 3 is 2.47 bits per heavy atom. The summed E-state index contributed by atoms with van der Waals surface area (Å²) in [6.45, 7) is 3.74. The van der Waals surface area contributed by atoms with Gasteiger partial charge in [0.1, 0.15) is 0 Å². The van der Waals surface area contributed by atoms with Gasteiger partial charge in [-0.25, -0.2) is 0 Å². The fourth-order valence-corrected chi connectivity index (χ4v) is 1.68. The highest BCUT2D eigenvalue weighted by Crippen LogP contribution is 2.22. The molecule has 0 fully saturated rings. The molecule has 1 aromatic rings. The maximum absolute atomic E-state index is 11.7. The predicted molar refractivity (Wildman–Crippen MR) is 73.1 cm³/mol. The van der Waals surface area contributed by atoms with Crippen LogP contribution in [0.2, 0.25) is 10.0 Å². The van der Waals surface area contributed by atoms with Crippen molar-refractivity contribution in [3.63, 3.8) is 0 Å². The summed E-state index contributed by atoms with van der Waals surface area (Å²) >= 11 is 17.4. The first-order valence-corrected chi connectivity index (χ1v) is 6.44. The van der Waals surface area contributed by atoms with Gasteiger partial charge in [0.25, 0.3) is 0 Å². The summed E-state index contributed by atoms with van der Waals surface area (Å²) in [6, 6.07) is 5.15. The van der Waals surface area contributed by atoms with Gasteiger partial charge in [0.15, 0.2) is 0 Å². The molecule has 0 aliphatic carbocycles. The van der Waals surface area contributed by atoms with Crippen molar-refractivity contribution in [1.82, 2.24) is 5.32 Å². The molecule has 0 spiro atoms. The molecule has 2 nitrogen and oxygen atoms in total. The minimum Gasteiger partial charge on any atom is -0.350 e. The number of alkyl halides is 1. The number of hydrogen-bond acceptors (Lipinski definition) is 1. The highest BCUT2D eigenvalue weighted by Gasteiger charge is 2.19. The summed E-state index contributed by atoms with van der Waals surface area (Å²) in [6.07, 6.45) is 0.261. The largest absolute Gasteiger partial charge is 0.350 e. The van der Waals surface area contributed by atoms with Crippen molar-refractivity contribution in [1.29, 1.82) is 0 Å². The van der Waals surface area contributed by atoms with Gasteiger partial charge in [0.2, 0.25) is 5.91 Å². The van der Waals surface area contributed by atoms with Gasteiger partial charge in [-0.15, -0.1) is 11.6 Å². The van der Waals surface area contributed by atoms with Gasteiger partial charge >= 0.3 is 0 Å². The number of benzene rings is 1. The minimum atomic E-state index is -0.408. The first-order valence-electron chi connectivity index (χ1n) is 5.15. The highest BCUT2D eigenvalue weighted by molar-refractivity contribution is 6.42. The maximum Gasteiger partial charge on any atom is 0.224 e. The summed E-state index contributed by atoms with van der Waals surface area (Å²) in [5.41, 5.74) is 0.414. The molecule has 1 N–H and O–H groups in total. The van der Waals surface area contributed by atoms with E-state index in [1.165, 1.54) is 0 Å². The first kappa shape index (κ1) is 14.6. The molecule has 0 saturated carbocycles. The summed E-state index contributed by atoms with van der Waals surface area (Å²) in [7, 11) is 0. The lowest BCUT2D eigenvalue weighted by atomic mass is 10.1. The molecule has 0 aliphatic heterocycles. The van der Waals surface area contributed by atoms with E-state index in [2.05, 4.69) is 5.32 Å². The number of carbonyl (C=O) groups excluding carboxylic acids is 1. The van der Waals surface area contributed by atoms with Gasteiger partial charge in [-0.1, -0.05) is 29.3 Å². The Bertz CT molecular complexity index is 418. The molecule has 0 aliphatic rings. The van der Waals surface area contributed by atoms with E-state index in [1.54, 1.807) is 18.2 Å². The third-order valence-corrected chi connectivity index (χ3v) is 3.57. The fraction of sp³-hybridized carbons (Fsp3) is 0.417. The first-order chi connectivity index (χ1) is 7.84. The molecule has 1 amide bonds. The second kappa shape index (κ2) is 5.94. The van der Waals surface area contributed by atoms with Crippen LogP contribution in [0.4, 0.5) is 0 Å². The van der Waals surface area contributed by atoms with Crippen molar-refractivity contribution < 1.29 is 4.79 Å². The van der Waals surface area contributed by atoms with Crippen molar-refractivity contribution in [3.05, 3.63) is 33.8 Å².